The predicted octanol–water partition coefficient (Wildman–Crippen LogP) is 2.29. The molecule has 0 bridgehead atoms. The normalized spacial score (nSPS) is 17.4. The number of thiol groups is 1. The van der Waals surface area contributed by atoms with Gasteiger partial charge in [0.2, 0.25) is 0 Å². The Bertz CT molecular complexity index is 201. The van der Waals surface area contributed by atoms with Crippen molar-refractivity contribution >= 4 is 12.6 Å². The molecule has 0 unspecified atom stereocenters. The third-order valence-electron chi connectivity index (χ3n) is 1.31. The first kappa shape index (κ1) is 7.48. The Morgan fingerprint density at radius 2 is 2.30 bits per heavy atom. The first-order chi connectivity index (χ1) is 4.83. The maximum absolute atomic E-state index is 5.05. The third-order valence-corrected chi connectivity index (χ3v) is 1.61. The van der Waals surface area contributed by atoms with E-state index in [0.717, 1.165) is 17.1 Å². The van der Waals surface area contributed by atoms with Crippen LogP contribution in [0, 0.1) is 0 Å². The lowest BCUT2D eigenvalue weighted by Gasteiger charge is -1.98. The zero-order valence-electron chi connectivity index (χ0n) is 5.87. The standard InChI is InChI=1S/C8H10OS/c1-9-7-3-2-4-8(10)6-5-7/h2,4-6,10H,3H2,1H3. The summed E-state index contributed by atoms with van der Waals surface area (Å²) in [5.74, 6) is 0.973. The highest BCUT2D eigenvalue weighted by Gasteiger charge is 1.94. The van der Waals surface area contributed by atoms with Gasteiger partial charge < -0.3 is 4.74 Å². The van der Waals surface area contributed by atoms with E-state index in [2.05, 4.69) is 12.6 Å². The maximum atomic E-state index is 5.05. The summed E-state index contributed by atoms with van der Waals surface area (Å²) in [5, 5.41) is 0. The minimum absolute atomic E-state index is 0.858. The quantitative estimate of drug-likeness (QED) is 0.570. The first-order valence-corrected chi connectivity index (χ1v) is 3.58. The molecule has 0 saturated carbocycles. The molecule has 54 valence electrons. The van der Waals surface area contributed by atoms with Crippen molar-refractivity contribution < 1.29 is 4.74 Å². The summed E-state index contributed by atoms with van der Waals surface area (Å²) in [6.45, 7) is 0. The van der Waals surface area contributed by atoms with Crippen LogP contribution in [0.15, 0.2) is 35.0 Å². The lowest BCUT2D eigenvalue weighted by molar-refractivity contribution is 0.285. The Morgan fingerprint density at radius 1 is 1.50 bits per heavy atom. The minimum Gasteiger partial charge on any atom is -0.501 e. The summed E-state index contributed by atoms with van der Waals surface area (Å²) in [4.78, 5) is 0.965. The SMILES string of the molecule is COC1=CC=C(S)C=CC1. The largest absolute Gasteiger partial charge is 0.501 e. The summed E-state index contributed by atoms with van der Waals surface area (Å²) in [6, 6.07) is 0. The molecule has 0 spiro atoms. The van der Waals surface area contributed by atoms with Gasteiger partial charge in [-0.1, -0.05) is 12.2 Å². The lowest BCUT2D eigenvalue weighted by atomic mass is 10.3. The van der Waals surface area contributed by atoms with Crippen LogP contribution >= 0.6 is 12.6 Å². The van der Waals surface area contributed by atoms with Crippen molar-refractivity contribution in [2.75, 3.05) is 7.11 Å². The van der Waals surface area contributed by atoms with Crippen LogP contribution in [-0.2, 0) is 4.74 Å². The molecule has 1 rings (SSSR count). The Labute approximate surface area is 66.5 Å². The van der Waals surface area contributed by atoms with Crippen molar-refractivity contribution in [2.45, 2.75) is 6.42 Å². The van der Waals surface area contributed by atoms with Crippen LogP contribution in [0.1, 0.15) is 6.42 Å². The van der Waals surface area contributed by atoms with Gasteiger partial charge in [0, 0.05) is 11.3 Å². The van der Waals surface area contributed by atoms with Crippen molar-refractivity contribution in [1.29, 1.82) is 0 Å². The summed E-state index contributed by atoms with van der Waals surface area (Å²) in [5.41, 5.74) is 0. The van der Waals surface area contributed by atoms with E-state index in [1.807, 2.05) is 24.3 Å². The molecule has 0 heterocycles. The number of hydrogen-bond donors (Lipinski definition) is 1. The molecule has 0 amide bonds. The van der Waals surface area contributed by atoms with Crippen molar-refractivity contribution in [3.8, 4) is 0 Å². The van der Waals surface area contributed by atoms with Crippen LogP contribution in [0.2, 0.25) is 0 Å². The van der Waals surface area contributed by atoms with Gasteiger partial charge in [0.05, 0.1) is 12.9 Å². The van der Waals surface area contributed by atoms with Gasteiger partial charge in [-0.05, 0) is 12.2 Å². The van der Waals surface area contributed by atoms with E-state index in [-0.39, 0.29) is 0 Å². The van der Waals surface area contributed by atoms with Gasteiger partial charge in [0.1, 0.15) is 0 Å². The fourth-order valence-corrected chi connectivity index (χ4v) is 0.929. The highest BCUT2D eigenvalue weighted by molar-refractivity contribution is 7.84. The number of methoxy groups -OCH3 is 1. The zero-order valence-corrected chi connectivity index (χ0v) is 6.77. The van der Waals surface area contributed by atoms with E-state index in [9.17, 15) is 0 Å². The van der Waals surface area contributed by atoms with Crippen molar-refractivity contribution in [1.82, 2.24) is 0 Å². The zero-order chi connectivity index (χ0) is 7.40. The molecular weight excluding hydrogens is 144 g/mol. The maximum Gasteiger partial charge on any atom is 0.0993 e. The monoisotopic (exact) mass is 154 g/mol. The molecule has 0 aliphatic heterocycles. The Kier molecular flexibility index (Phi) is 2.63. The molecule has 0 aromatic carbocycles. The second-order valence-electron chi connectivity index (χ2n) is 2.04. The molecule has 0 saturated heterocycles. The van der Waals surface area contributed by atoms with Gasteiger partial charge in [-0.3, -0.25) is 0 Å². The summed E-state index contributed by atoms with van der Waals surface area (Å²) in [7, 11) is 1.68. The number of allylic oxidation sites excluding steroid dienone is 4. The van der Waals surface area contributed by atoms with Crippen molar-refractivity contribution in [3.63, 3.8) is 0 Å². The molecule has 2 heteroatoms. The van der Waals surface area contributed by atoms with Crippen LogP contribution in [0.25, 0.3) is 0 Å². The first-order valence-electron chi connectivity index (χ1n) is 3.13. The fraction of sp³-hybridized carbons (Fsp3) is 0.250. The Morgan fingerprint density at radius 3 is 3.00 bits per heavy atom. The van der Waals surface area contributed by atoms with Gasteiger partial charge in [0.25, 0.3) is 0 Å². The van der Waals surface area contributed by atoms with Gasteiger partial charge >= 0.3 is 0 Å². The minimum atomic E-state index is 0.858. The van der Waals surface area contributed by atoms with E-state index >= 15 is 0 Å². The van der Waals surface area contributed by atoms with E-state index in [4.69, 9.17) is 4.74 Å². The Hall–Kier alpha value is -0.630. The van der Waals surface area contributed by atoms with Gasteiger partial charge in [-0.25, -0.2) is 0 Å². The molecule has 0 radical (unpaired) electrons. The summed E-state index contributed by atoms with van der Waals surface area (Å²) >= 11 is 4.18. The highest BCUT2D eigenvalue weighted by atomic mass is 32.1. The number of rotatable bonds is 1. The van der Waals surface area contributed by atoms with E-state index in [1.54, 1.807) is 7.11 Å². The fourth-order valence-electron chi connectivity index (χ4n) is 0.749. The number of hydrogen-bond acceptors (Lipinski definition) is 2. The molecule has 0 aromatic rings. The topological polar surface area (TPSA) is 9.23 Å². The lowest BCUT2D eigenvalue weighted by Crippen LogP contribution is -1.81. The third kappa shape index (κ3) is 1.95. The van der Waals surface area contributed by atoms with E-state index in [1.165, 1.54) is 0 Å². The van der Waals surface area contributed by atoms with Gasteiger partial charge in [-0.2, -0.15) is 0 Å². The van der Waals surface area contributed by atoms with Crippen LogP contribution in [0.5, 0.6) is 0 Å². The molecule has 0 fully saturated rings. The van der Waals surface area contributed by atoms with Crippen LogP contribution < -0.4 is 0 Å². The van der Waals surface area contributed by atoms with E-state index < -0.39 is 0 Å². The number of ether oxygens (including phenoxy) is 1. The predicted molar refractivity (Wildman–Crippen MR) is 45.9 cm³/mol. The molecule has 1 nitrogen and oxygen atoms in total. The molecular formula is C8H10OS. The van der Waals surface area contributed by atoms with Crippen molar-refractivity contribution in [3.05, 3.63) is 35.0 Å². The smallest absolute Gasteiger partial charge is 0.0993 e. The summed E-state index contributed by atoms with van der Waals surface area (Å²) in [6.07, 6.45) is 8.71. The molecule has 0 N–H and O–H groups in total. The van der Waals surface area contributed by atoms with E-state index in [0.29, 0.717) is 0 Å². The molecule has 1 aliphatic rings. The molecule has 10 heavy (non-hydrogen) atoms. The second kappa shape index (κ2) is 3.52. The molecule has 1 aliphatic carbocycles. The molecule has 0 atom stereocenters. The van der Waals surface area contributed by atoms with Gasteiger partial charge in [0.15, 0.2) is 0 Å². The molecule has 0 aromatic heterocycles. The van der Waals surface area contributed by atoms with Crippen LogP contribution in [-0.4, -0.2) is 7.11 Å². The van der Waals surface area contributed by atoms with Gasteiger partial charge in [-0.15, -0.1) is 12.6 Å². The Balaban J connectivity index is 2.74. The average molecular weight is 154 g/mol. The van der Waals surface area contributed by atoms with Crippen LogP contribution in [0.3, 0.4) is 0 Å². The second-order valence-corrected chi connectivity index (χ2v) is 2.55. The summed E-state index contributed by atoms with van der Waals surface area (Å²) < 4.78 is 5.05. The van der Waals surface area contributed by atoms with Crippen LogP contribution in [0.4, 0.5) is 0 Å². The average Bonchev–Trinajstić information content (AvgIpc) is 2.14. The van der Waals surface area contributed by atoms with Crippen molar-refractivity contribution in [2.24, 2.45) is 0 Å². The highest BCUT2D eigenvalue weighted by Crippen LogP contribution is 2.12.